The van der Waals surface area contributed by atoms with Crippen LogP contribution in [0.5, 0.6) is 0 Å². The van der Waals surface area contributed by atoms with E-state index in [1.807, 2.05) is 6.20 Å². The van der Waals surface area contributed by atoms with Gasteiger partial charge in [-0.3, -0.25) is 0 Å². The van der Waals surface area contributed by atoms with Gasteiger partial charge in [0, 0.05) is 25.3 Å². The lowest BCUT2D eigenvalue weighted by Gasteiger charge is -2.29. The molecule has 0 radical (unpaired) electrons. The van der Waals surface area contributed by atoms with Crippen LogP contribution in [0.15, 0.2) is 6.20 Å². The van der Waals surface area contributed by atoms with Crippen LogP contribution in [-0.2, 0) is 13.1 Å². The molecule has 0 saturated carbocycles. The van der Waals surface area contributed by atoms with Crippen LogP contribution in [0.2, 0.25) is 0 Å². The fourth-order valence-electron chi connectivity index (χ4n) is 2.50. The van der Waals surface area contributed by atoms with Crippen molar-refractivity contribution in [1.29, 1.82) is 0 Å². The first-order valence-corrected chi connectivity index (χ1v) is 7.23. The molecule has 1 atom stereocenters. The summed E-state index contributed by atoms with van der Waals surface area (Å²) in [5, 5.41) is 20.3. The van der Waals surface area contributed by atoms with Gasteiger partial charge in [-0.25, -0.2) is 4.68 Å². The molecule has 2 heterocycles. The van der Waals surface area contributed by atoms with Gasteiger partial charge >= 0.3 is 0 Å². The Kier molecular flexibility index (Phi) is 5.75. The van der Waals surface area contributed by atoms with Crippen LogP contribution in [0, 0.1) is 0 Å². The first-order valence-electron chi connectivity index (χ1n) is 7.23. The molecule has 0 aromatic carbocycles. The average Bonchev–Trinajstić information content (AvgIpc) is 2.86. The summed E-state index contributed by atoms with van der Waals surface area (Å²) in [7, 11) is 0. The van der Waals surface area contributed by atoms with Gasteiger partial charge in [-0.2, -0.15) is 0 Å². The largest absolute Gasteiger partial charge is 0.394 e. The third-order valence-electron chi connectivity index (χ3n) is 3.53. The Morgan fingerprint density at radius 3 is 2.89 bits per heavy atom. The number of nitrogens with one attached hydrogen (secondary N) is 1. The standard InChI is InChI=1S/C13H25N5O/c1-12(10-17-5-3-2-4-6-17)14-9-13-11-18(7-8-19)16-15-13/h11-12,14,19H,2-10H2,1H3. The fourth-order valence-corrected chi connectivity index (χ4v) is 2.50. The van der Waals surface area contributed by atoms with Gasteiger partial charge in [-0.05, 0) is 32.9 Å². The van der Waals surface area contributed by atoms with Crippen molar-refractivity contribution >= 4 is 0 Å². The molecule has 1 aromatic rings. The summed E-state index contributed by atoms with van der Waals surface area (Å²) in [6, 6.07) is 0.459. The highest BCUT2D eigenvalue weighted by atomic mass is 16.3. The molecule has 0 spiro atoms. The number of aliphatic hydroxyl groups excluding tert-OH is 1. The van der Waals surface area contributed by atoms with Crippen molar-refractivity contribution in [1.82, 2.24) is 25.2 Å². The molecule has 6 nitrogen and oxygen atoms in total. The summed E-state index contributed by atoms with van der Waals surface area (Å²) in [5.74, 6) is 0. The number of likely N-dealkylation sites (tertiary alicyclic amines) is 1. The molecular formula is C13H25N5O. The quantitative estimate of drug-likeness (QED) is 0.740. The van der Waals surface area contributed by atoms with Gasteiger partial charge in [0.25, 0.3) is 0 Å². The molecule has 0 bridgehead atoms. The first-order chi connectivity index (χ1) is 9.28. The lowest BCUT2D eigenvalue weighted by atomic mass is 10.1. The van der Waals surface area contributed by atoms with E-state index >= 15 is 0 Å². The molecule has 1 saturated heterocycles. The summed E-state index contributed by atoms with van der Waals surface area (Å²) in [6.45, 7) is 7.13. The van der Waals surface area contributed by atoms with Crippen molar-refractivity contribution in [3.63, 3.8) is 0 Å². The Bertz CT molecular complexity index is 362. The molecule has 1 unspecified atom stereocenters. The monoisotopic (exact) mass is 267 g/mol. The van der Waals surface area contributed by atoms with Crippen molar-refractivity contribution in [3.8, 4) is 0 Å². The Balaban J connectivity index is 1.68. The smallest absolute Gasteiger partial charge is 0.0964 e. The van der Waals surface area contributed by atoms with Gasteiger partial charge in [0.1, 0.15) is 0 Å². The zero-order valence-corrected chi connectivity index (χ0v) is 11.8. The minimum Gasteiger partial charge on any atom is -0.394 e. The zero-order valence-electron chi connectivity index (χ0n) is 11.8. The van der Waals surface area contributed by atoms with Crippen LogP contribution in [0.25, 0.3) is 0 Å². The summed E-state index contributed by atoms with van der Waals surface area (Å²) < 4.78 is 1.67. The maximum Gasteiger partial charge on any atom is 0.0964 e. The second kappa shape index (κ2) is 7.57. The van der Waals surface area contributed by atoms with E-state index in [9.17, 15) is 0 Å². The van der Waals surface area contributed by atoms with Gasteiger partial charge in [0.2, 0.25) is 0 Å². The lowest BCUT2D eigenvalue weighted by Crippen LogP contribution is -2.41. The minimum absolute atomic E-state index is 0.0988. The number of hydrogen-bond donors (Lipinski definition) is 2. The summed E-state index contributed by atoms with van der Waals surface area (Å²) in [4.78, 5) is 2.53. The molecule has 1 aromatic heterocycles. The number of nitrogens with zero attached hydrogens (tertiary/aromatic N) is 4. The Hall–Kier alpha value is -0.980. The van der Waals surface area contributed by atoms with Crippen LogP contribution < -0.4 is 5.32 Å². The van der Waals surface area contributed by atoms with Crippen molar-refractivity contribution in [3.05, 3.63) is 11.9 Å². The van der Waals surface area contributed by atoms with Crippen LogP contribution in [0.4, 0.5) is 0 Å². The zero-order chi connectivity index (χ0) is 13.5. The van der Waals surface area contributed by atoms with Gasteiger partial charge in [0.05, 0.1) is 18.8 Å². The van der Waals surface area contributed by atoms with Crippen molar-refractivity contribution in [2.45, 2.75) is 45.3 Å². The molecule has 19 heavy (non-hydrogen) atoms. The average molecular weight is 267 g/mol. The molecule has 0 aliphatic carbocycles. The third kappa shape index (κ3) is 4.89. The summed E-state index contributed by atoms with van der Waals surface area (Å²) in [5.41, 5.74) is 0.930. The van der Waals surface area contributed by atoms with E-state index in [0.717, 1.165) is 18.8 Å². The second-order valence-electron chi connectivity index (χ2n) is 5.34. The van der Waals surface area contributed by atoms with Crippen molar-refractivity contribution in [2.24, 2.45) is 0 Å². The fraction of sp³-hybridized carbons (Fsp3) is 0.846. The van der Waals surface area contributed by atoms with Gasteiger partial charge in [0.15, 0.2) is 0 Å². The molecule has 1 fully saturated rings. The third-order valence-corrected chi connectivity index (χ3v) is 3.53. The molecule has 1 aliphatic heterocycles. The highest BCUT2D eigenvalue weighted by molar-refractivity contribution is 4.92. The molecule has 2 rings (SSSR count). The van der Waals surface area contributed by atoms with Crippen LogP contribution in [0.3, 0.4) is 0 Å². The number of rotatable bonds is 7. The van der Waals surface area contributed by atoms with Crippen LogP contribution in [-0.4, -0.2) is 57.3 Å². The van der Waals surface area contributed by atoms with E-state index in [1.165, 1.54) is 32.4 Å². The second-order valence-corrected chi connectivity index (χ2v) is 5.34. The highest BCUT2D eigenvalue weighted by Gasteiger charge is 2.13. The SMILES string of the molecule is CC(CN1CCCCC1)NCc1cn(CCO)nn1. The van der Waals surface area contributed by atoms with Crippen LogP contribution >= 0.6 is 0 Å². The van der Waals surface area contributed by atoms with E-state index in [2.05, 4.69) is 27.5 Å². The number of piperidine rings is 1. The van der Waals surface area contributed by atoms with Crippen molar-refractivity contribution < 1.29 is 5.11 Å². The Morgan fingerprint density at radius 1 is 1.37 bits per heavy atom. The molecule has 6 heteroatoms. The predicted octanol–water partition coefficient (Wildman–Crippen LogP) is 0.234. The van der Waals surface area contributed by atoms with E-state index < -0.39 is 0 Å². The summed E-state index contributed by atoms with van der Waals surface area (Å²) in [6.07, 6.45) is 5.94. The maximum atomic E-state index is 8.82. The van der Waals surface area contributed by atoms with Gasteiger partial charge in [-0.15, -0.1) is 5.10 Å². The molecule has 108 valence electrons. The molecular weight excluding hydrogens is 242 g/mol. The van der Waals surface area contributed by atoms with Gasteiger partial charge in [-0.1, -0.05) is 11.6 Å². The number of hydrogen-bond acceptors (Lipinski definition) is 5. The van der Waals surface area contributed by atoms with E-state index in [-0.39, 0.29) is 6.61 Å². The normalized spacial score (nSPS) is 18.6. The Morgan fingerprint density at radius 2 is 2.16 bits per heavy atom. The maximum absolute atomic E-state index is 8.82. The molecule has 0 amide bonds. The van der Waals surface area contributed by atoms with E-state index in [4.69, 9.17) is 5.11 Å². The first kappa shape index (κ1) is 14.4. The highest BCUT2D eigenvalue weighted by Crippen LogP contribution is 2.08. The van der Waals surface area contributed by atoms with Crippen LogP contribution in [0.1, 0.15) is 31.9 Å². The van der Waals surface area contributed by atoms with Gasteiger partial charge < -0.3 is 15.3 Å². The summed E-state index contributed by atoms with van der Waals surface area (Å²) >= 11 is 0. The lowest BCUT2D eigenvalue weighted by molar-refractivity contribution is 0.208. The Labute approximate surface area is 114 Å². The van der Waals surface area contributed by atoms with Crippen molar-refractivity contribution in [2.75, 3.05) is 26.2 Å². The molecule has 2 N–H and O–H groups in total. The predicted molar refractivity (Wildman–Crippen MR) is 73.7 cm³/mol. The number of aliphatic hydroxyl groups is 1. The topological polar surface area (TPSA) is 66.2 Å². The minimum atomic E-state index is 0.0988. The van der Waals surface area contributed by atoms with E-state index in [1.54, 1.807) is 4.68 Å². The molecule has 1 aliphatic rings. The van der Waals surface area contributed by atoms with E-state index in [0.29, 0.717) is 12.6 Å². The number of aromatic nitrogens is 3.